The van der Waals surface area contributed by atoms with Gasteiger partial charge >= 0.3 is 0 Å². The van der Waals surface area contributed by atoms with Gasteiger partial charge in [0.15, 0.2) is 0 Å². The molecule has 100 valence electrons. The van der Waals surface area contributed by atoms with Gasteiger partial charge in [-0.05, 0) is 39.7 Å². The first-order chi connectivity index (χ1) is 8.78. The number of rotatable bonds is 6. The van der Waals surface area contributed by atoms with E-state index in [1.165, 1.54) is 12.8 Å². The molecule has 0 saturated carbocycles. The number of hydrogen-bond donors (Lipinski definition) is 2. The molecule has 0 aliphatic carbocycles. The molecule has 1 aromatic heterocycles. The summed E-state index contributed by atoms with van der Waals surface area (Å²) in [6.45, 7) is 6.58. The molecular weight excluding hydrogens is 228 g/mol. The van der Waals surface area contributed by atoms with Crippen molar-refractivity contribution in [1.82, 2.24) is 15.3 Å². The van der Waals surface area contributed by atoms with E-state index in [9.17, 15) is 0 Å². The molecular formula is C13H22N4O. The molecule has 2 rings (SSSR count). The molecule has 2 N–H and O–H groups in total. The molecule has 1 saturated heterocycles. The first kappa shape index (κ1) is 13.1. The summed E-state index contributed by atoms with van der Waals surface area (Å²) in [6.07, 6.45) is 3.68. The minimum Gasteiger partial charge on any atom is -0.478 e. The molecule has 0 spiro atoms. The first-order valence-corrected chi connectivity index (χ1v) is 6.73. The highest BCUT2D eigenvalue weighted by atomic mass is 16.5. The molecule has 5 heteroatoms. The smallest absolute Gasteiger partial charge is 0.226 e. The fourth-order valence-electron chi connectivity index (χ4n) is 2.20. The molecule has 1 atom stereocenters. The Balaban J connectivity index is 1.83. The quantitative estimate of drug-likeness (QED) is 0.805. The normalized spacial score (nSPS) is 18.9. The minimum atomic E-state index is 0.627. The molecule has 2 heterocycles. The summed E-state index contributed by atoms with van der Waals surface area (Å²) in [5, 5.41) is 6.75. The fraction of sp³-hybridized carbons (Fsp3) is 0.692. The Morgan fingerprint density at radius 1 is 1.50 bits per heavy atom. The van der Waals surface area contributed by atoms with Crippen molar-refractivity contribution in [2.75, 3.05) is 25.0 Å². The Hall–Kier alpha value is -1.36. The topological polar surface area (TPSA) is 59.1 Å². The summed E-state index contributed by atoms with van der Waals surface area (Å²) < 4.78 is 5.40. The van der Waals surface area contributed by atoms with E-state index in [1.54, 1.807) is 0 Å². The van der Waals surface area contributed by atoms with Crippen LogP contribution in [0.25, 0.3) is 0 Å². The van der Waals surface area contributed by atoms with Crippen LogP contribution >= 0.6 is 0 Å². The largest absolute Gasteiger partial charge is 0.478 e. The van der Waals surface area contributed by atoms with Crippen LogP contribution < -0.4 is 15.4 Å². The highest BCUT2D eigenvalue weighted by Crippen LogP contribution is 2.13. The van der Waals surface area contributed by atoms with Crippen LogP contribution in [0.3, 0.4) is 0 Å². The van der Waals surface area contributed by atoms with Crippen molar-refractivity contribution < 1.29 is 4.74 Å². The van der Waals surface area contributed by atoms with Crippen molar-refractivity contribution in [2.45, 2.75) is 39.2 Å². The molecule has 0 aromatic carbocycles. The van der Waals surface area contributed by atoms with Crippen LogP contribution in [0.5, 0.6) is 5.88 Å². The Kier molecular flexibility index (Phi) is 4.75. The number of aromatic nitrogens is 2. The standard InChI is InChI=1S/C13H22N4O/c1-3-18-12-9-10(2)16-13(17-12)15-8-6-11-5-4-7-14-11/h9,11,14H,3-8H2,1-2H3,(H,15,16,17). The number of nitrogens with one attached hydrogen (secondary N) is 2. The Morgan fingerprint density at radius 3 is 3.11 bits per heavy atom. The van der Waals surface area contributed by atoms with Gasteiger partial charge in [-0.1, -0.05) is 0 Å². The van der Waals surface area contributed by atoms with Crippen molar-refractivity contribution >= 4 is 5.95 Å². The Morgan fingerprint density at radius 2 is 2.39 bits per heavy atom. The van der Waals surface area contributed by atoms with Crippen LogP contribution in [-0.2, 0) is 0 Å². The van der Waals surface area contributed by atoms with Gasteiger partial charge < -0.3 is 15.4 Å². The third-order valence-corrected chi connectivity index (χ3v) is 3.06. The molecule has 0 bridgehead atoms. The third-order valence-electron chi connectivity index (χ3n) is 3.06. The van der Waals surface area contributed by atoms with Crippen molar-refractivity contribution in [3.05, 3.63) is 11.8 Å². The van der Waals surface area contributed by atoms with E-state index in [0.717, 1.165) is 25.2 Å². The zero-order chi connectivity index (χ0) is 12.8. The van der Waals surface area contributed by atoms with Crippen LogP contribution in [0.15, 0.2) is 6.07 Å². The van der Waals surface area contributed by atoms with Gasteiger partial charge in [0.25, 0.3) is 0 Å². The van der Waals surface area contributed by atoms with Gasteiger partial charge in [-0.3, -0.25) is 0 Å². The number of anilines is 1. The summed E-state index contributed by atoms with van der Waals surface area (Å²) in [6, 6.07) is 2.50. The van der Waals surface area contributed by atoms with Gasteiger partial charge in [0.2, 0.25) is 11.8 Å². The maximum absolute atomic E-state index is 5.40. The maximum atomic E-state index is 5.40. The molecule has 18 heavy (non-hydrogen) atoms. The fourth-order valence-corrected chi connectivity index (χ4v) is 2.20. The van der Waals surface area contributed by atoms with Crippen LogP contribution in [0.1, 0.15) is 31.9 Å². The summed E-state index contributed by atoms with van der Waals surface area (Å²) >= 11 is 0. The molecule has 1 fully saturated rings. The van der Waals surface area contributed by atoms with E-state index in [2.05, 4.69) is 20.6 Å². The average molecular weight is 250 g/mol. The summed E-state index contributed by atoms with van der Waals surface area (Å²) in [4.78, 5) is 8.68. The second kappa shape index (κ2) is 6.54. The lowest BCUT2D eigenvalue weighted by molar-refractivity contribution is 0.326. The van der Waals surface area contributed by atoms with Crippen molar-refractivity contribution in [3.63, 3.8) is 0 Å². The number of hydrogen-bond acceptors (Lipinski definition) is 5. The number of nitrogens with zero attached hydrogens (tertiary/aromatic N) is 2. The lowest BCUT2D eigenvalue weighted by atomic mass is 10.1. The number of aryl methyl sites for hydroxylation is 1. The molecule has 5 nitrogen and oxygen atoms in total. The van der Waals surface area contributed by atoms with Crippen LogP contribution in [-0.4, -0.2) is 35.7 Å². The van der Waals surface area contributed by atoms with E-state index in [1.807, 2.05) is 19.9 Å². The lowest BCUT2D eigenvalue weighted by Crippen LogP contribution is -2.24. The monoisotopic (exact) mass is 250 g/mol. The minimum absolute atomic E-state index is 0.627. The Bertz CT molecular complexity index is 377. The Labute approximate surface area is 108 Å². The SMILES string of the molecule is CCOc1cc(C)nc(NCCC2CCCN2)n1. The van der Waals surface area contributed by atoms with Crippen LogP contribution in [0, 0.1) is 6.92 Å². The summed E-state index contributed by atoms with van der Waals surface area (Å²) in [5.74, 6) is 1.31. The lowest BCUT2D eigenvalue weighted by Gasteiger charge is -2.11. The van der Waals surface area contributed by atoms with E-state index >= 15 is 0 Å². The zero-order valence-electron chi connectivity index (χ0n) is 11.2. The molecule has 1 aliphatic rings. The van der Waals surface area contributed by atoms with Crippen molar-refractivity contribution in [3.8, 4) is 5.88 Å². The molecule has 0 radical (unpaired) electrons. The molecule has 1 unspecified atom stereocenters. The molecule has 1 aromatic rings. The third kappa shape index (κ3) is 3.84. The van der Waals surface area contributed by atoms with E-state index < -0.39 is 0 Å². The predicted molar refractivity (Wildman–Crippen MR) is 72.1 cm³/mol. The van der Waals surface area contributed by atoms with E-state index in [0.29, 0.717) is 24.5 Å². The van der Waals surface area contributed by atoms with E-state index in [-0.39, 0.29) is 0 Å². The molecule has 0 amide bonds. The van der Waals surface area contributed by atoms with Gasteiger partial charge in [-0.15, -0.1) is 0 Å². The van der Waals surface area contributed by atoms with Crippen molar-refractivity contribution in [1.29, 1.82) is 0 Å². The van der Waals surface area contributed by atoms with Crippen LogP contribution in [0.4, 0.5) is 5.95 Å². The van der Waals surface area contributed by atoms with Gasteiger partial charge in [0, 0.05) is 24.3 Å². The second-order valence-corrected chi connectivity index (χ2v) is 4.61. The van der Waals surface area contributed by atoms with Gasteiger partial charge in [0.1, 0.15) is 0 Å². The average Bonchev–Trinajstić information content (AvgIpc) is 2.82. The first-order valence-electron chi connectivity index (χ1n) is 6.73. The van der Waals surface area contributed by atoms with Crippen LogP contribution in [0.2, 0.25) is 0 Å². The van der Waals surface area contributed by atoms with Gasteiger partial charge in [-0.2, -0.15) is 4.98 Å². The maximum Gasteiger partial charge on any atom is 0.226 e. The molecule has 1 aliphatic heterocycles. The highest BCUT2D eigenvalue weighted by Gasteiger charge is 2.13. The summed E-state index contributed by atoms with van der Waals surface area (Å²) in [5.41, 5.74) is 0.926. The van der Waals surface area contributed by atoms with Gasteiger partial charge in [-0.25, -0.2) is 4.98 Å². The second-order valence-electron chi connectivity index (χ2n) is 4.61. The highest BCUT2D eigenvalue weighted by molar-refractivity contribution is 5.30. The number of ether oxygens (including phenoxy) is 1. The zero-order valence-corrected chi connectivity index (χ0v) is 11.2. The predicted octanol–water partition coefficient (Wildman–Crippen LogP) is 1.74. The summed E-state index contributed by atoms with van der Waals surface area (Å²) in [7, 11) is 0. The van der Waals surface area contributed by atoms with E-state index in [4.69, 9.17) is 4.74 Å². The van der Waals surface area contributed by atoms with Crippen molar-refractivity contribution in [2.24, 2.45) is 0 Å². The van der Waals surface area contributed by atoms with Gasteiger partial charge in [0.05, 0.1) is 6.61 Å².